The molecule has 0 unspecified atom stereocenters. The summed E-state index contributed by atoms with van der Waals surface area (Å²) >= 11 is 1.31. The Bertz CT molecular complexity index is 1850. The van der Waals surface area contributed by atoms with Crippen LogP contribution in [0.25, 0.3) is 33.7 Å². The van der Waals surface area contributed by atoms with E-state index in [1.54, 1.807) is 6.20 Å². The number of likely N-dealkylation sites (N-methyl/N-ethyl adjacent to an activating group) is 1. The standard InChI is InChI=1S/C29H30FN8O3S.HI/c1-17-15-40-26-23-19(13-21(30)24(26)36-9-11-38(2,3)12-10-36)25(39)20(14-37(17)23)27-31-29(35-33-27)42-16-22-32-34-28(41-22)18-7-5-4-6-8-18;/h4-8,13-14,17H,9-12,15-16H2,1-3H3,(H,31,33,35);1H/q+1;/p-1/t17-;/m0./s1. The molecule has 1 saturated heterocycles. The van der Waals surface area contributed by atoms with Gasteiger partial charge in [-0.2, -0.15) is 0 Å². The van der Waals surface area contributed by atoms with E-state index in [1.807, 2.05) is 46.7 Å². The van der Waals surface area contributed by atoms with Crippen LogP contribution in [0.1, 0.15) is 18.9 Å². The number of ether oxygens (including phenoxy) is 1. The number of halogens is 2. The first kappa shape index (κ1) is 29.6. The SMILES string of the molecule is C[C@H]1COc2c(N3CC[N+](C)(C)CC3)c(F)cc3c(=O)c(-c4nc(SCc5nnc(-c6ccccc6)o5)n[nH]4)cn1c23.[I-]. The number of quaternary nitrogens is 1. The zero-order valence-electron chi connectivity index (χ0n) is 23.9. The Morgan fingerprint density at radius 2 is 1.93 bits per heavy atom. The molecule has 1 atom stereocenters. The summed E-state index contributed by atoms with van der Waals surface area (Å²) in [6.07, 6.45) is 1.78. The monoisotopic (exact) mass is 716 g/mol. The molecule has 3 aromatic heterocycles. The van der Waals surface area contributed by atoms with Crippen LogP contribution in [0.4, 0.5) is 10.1 Å². The molecule has 0 bridgehead atoms. The summed E-state index contributed by atoms with van der Waals surface area (Å²) < 4.78 is 30.5. The third-order valence-electron chi connectivity index (χ3n) is 7.94. The van der Waals surface area contributed by atoms with Gasteiger partial charge in [0, 0.05) is 11.8 Å². The van der Waals surface area contributed by atoms with Crippen molar-refractivity contribution in [1.82, 2.24) is 29.9 Å². The van der Waals surface area contributed by atoms with Gasteiger partial charge in [0.2, 0.25) is 22.4 Å². The number of hydrogen-bond donors (Lipinski definition) is 1. The lowest BCUT2D eigenvalue weighted by Gasteiger charge is -2.41. The molecule has 2 aliphatic rings. The highest BCUT2D eigenvalue weighted by molar-refractivity contribution is 7.98. The van der Waals surface area contributed by atoms with Crippen molar-refractivity contribution < 1.29 is 42.0 Å². The quantitative estimate of drug-likeness (QED) is 0.157. The van der Waals surface area contributed by atoms with Crippen LogP contribution in [0.15, 0.2) is 57.0 Å². The Morgan fingerprint density at radius 1 is 1.16 bits per heavy atom. The van der Waals surface area contributed by atoms with E-state index in [0.717, 1.165) is 23.1 Å². The molecule has 1 N–H and O–H groups in total. The number of hydrogen-bond acceptors (Lipinski definition) is 9. The largest absolute Gasteiger partial charge is 1.00 e. The highest BCUT2D eigenvalue weighted by Gasteiger charge is 2.33. The second kappa shape index (κ2) is 11.5. The van der Waals surface area contributed by atoms with Crippen molar-refractivity contribution in [3.63, 3.8) is 0 Å². The number of rotatable bonds is 6. The van der Waals surface area contributed by atoms with Gasteiger partial charge >= 0.3 is 0 Å². The highest BCUT2D eigenvalue weighted by Crippen LogP contribution is 2.42. The summed E-state index contributed by atoms with van der Waals surface area (Å²) in [6, 6.07) is 10.8. The first-order valence-electron chi connectivity index (χ1n) is 13.8. The summed E-state index contributed by atoms with van der Waals surface area (Å²) in [5.41, 5.74) is 1.87. The third-order valence-corrected chi connectivity index (χ3v) is 8.77. The first-order valence-corrected chi connectivity index (χ1v) is 14.8. The van der Waals surface area contributed by atoms with Crippen molar-refractivity contribution in [3.05, 3.63) is 64.5 Å². The predicted octanol–water partition coefficient (Wildman–Crippen LogP) is 1.12. The summed E-state index contributed by atoms with van der Waals surface area (Å²) in [6.45, 7) is 5.58. The molecule has 11 nitrogen and oxygen atoms in total. The maximum absolute atomic E-state index is 15.8. The minimum Gasteiger partial charge on any atom is -1.00 e. The number of pyridine rings is 1. The molecule has 0 amide bonds. The summed E-state index contributed by atoms with van der Waals surface area (Å²) in [5.74, 6) is 1.52. The van der Waals surface area contributed by atoms with Gasteiger partial charge in [0.1, 0.15) is 12.3 Å². The molecule has 1 fully saturated rings. The van der Waals surface area contributed by atoms with Crippen LogP contribution in [0.5, 0.6) is 5.75 Å². The van der Waals surface area contributed by atoms with Crippen LogP contribution in [0.3, 0.4) is 0 Å². The van der Waals surface area contributed by atoms with Gasteiger partial charge < -0.3 is 47.1 Å². The predicted molar refractivity (Wildman–Crippen MR) is 157 cm³/mol. The van der Waals surface area contributed by atoms with Gasteiger partial charge in [-0.15, -0.1) is 15.3 Å². The number of nitrogens with one attached hydrogen (secondary N) is 1. The molecule has 0 aliphatic carbocycles. The van der Waals surface area contributed by atoms with E-state index >= 15 is 4.39 Å². The Kier molecular flexibility index (Phi) is 7.93. The van der Waals surface area contributed by atoms with Crippen molar-refractivity contribution >= 4 is 28.4 Å². The number of benzene rings is 2. The topological polar surface area (TPSA) is 115 Å². The number of aromatic amines is 1. The normalized spacial score (nSPS) is 17.5. The zero-order valence-corrected chi connectivity index (χ0v) is 26.9. The number of H-pyrrole nitrogens is 1. The molecule has 0 spiro atoms. The van der Waals surface area contributed by atoms with Crippen molar-refractivity contribution in [2.45, 2.75) is 23.9 Å². The van der Waals surface area contributed by atoms with Crippen LogP contribution >= 0.6 is 11.8 Å². The molecular formula is C29H30FIN8O3S. The number of anilines is 1. The fourth-order valence-electron chi connectivity index (χ4n) is 5.47. The number of aromatic nitrogens is 6. The van der Waals surface area contributed by atoms with E-state index in [0.29, 0.717) is 70.7 Å². The van der Waals surface area contributed by atoms with Gasteiger partial charge in [-0.05, 0) is 25.1 Å². The Morgan fingerprint density at radius 3 is 2.70 bits per heavy atom. The van der Waals surface area contributed by atoms with E-state index < -0.39 is 5.82 Å². The highest BCUT2D eigenvalue weighted by atomic mass is 127. The van der Waals surface area contributed by atoms with Crippen molar-refractivity contribution in [2.75, 3.05) is 51.8 Å². The number of piperazine rings is 1. The molecule has 7 rings (SSSR count). The van der Waals surface area contributed by atoms with Crippen molar-refractivity contribution in [1.29, 1.82) is 0 Å². The van der Waals surface area contributed by atoms with Gasteiger partial charge in [0.05, 0.1) is 68.5 Å². The van der Waals surface area contributed by atoms with Crippen LogP contribution < -0.4 is 39.0 Å². The first-order chi connectivity index (χ1) is 20.3. The minimum atomic E-state index is -0.455. The Hall–Kier alpha value is -3.50. The lowest BCUT2D eigenvalue weighted by atomic mass is 10.0. The fourth-order valence-corrected chi connectivity index (χ4v) is 6.11. The van der Waals surface area contributed by atoms with Crippen molar-refractivity contribution in [2.24, 2.45) is 0 Å². The second-order valence-electron chi connectivity index (χ2n) is 11.4. The summed E-state index contributed by atoms with van der Waals surface area (Å²) in [4.78, 5) is 20.3. The van der Waals surface area contributed by atoms with Crippen molar-refractivity contribution in [3.8, 4) is 28.6 Å². The lowest BCUT2D eigenvalue weighted by molar-refractivity contribution is -0.890. The molecule has 2 aromatic carbocycles. The van der Waals surface area contributed by atoms with E-state index in [2.05, 4.69) is 39.5 Å². The van der Waals surface area contributed by atoms with E-state index in [-0.39, 0.29) is 40.8 Å². The molecule has 5 heterocycles. The van der Waals surface area contributed by atoms with Crippen LogP contribution in [0, 0.1) is 5.82 Å². The van der Waals surface area contributed by atoms with Gasteiger partial charge in [-0.1, -0.05) is 30.0 Å². The molecule has 224 valence electrons. The number of nitrogens with zero attached hydrogens (tertiary/aromatic N) is 7. The average molecular weight is 717 g/mol. The molecule has 43 heavy (non-hydrogen) atoms. The van der Waals surface area contributed by atoms with Gasteiger partial charge in [0.25, 0.3) is 0 Å². The molecule has 0 saturated carbocycles. The third kappa shape index (κ3) is 5.51. The van der Waals surface area contributed by atoms with Crippen LogP contribution in [-0.4, -0.2) is 81.3 Å². The van der Waals surface area contributed by atoms with Crippen LogP contribution in [-0.2, 0) is 5.75 Å². The van der Waals surface area contributed by atoms with E-state index in [1.165, 1.54) is 17.8 Å². The van der Waals surface area contributed by atoms with Crippen LogP contribution in [0.2, 0.25) is 0 Å². The summed E-state index contributed by atoms with van der Waals surface area (Å²) in [5, 5.41) is 16.1. The van der Waals surface area contributed by atoms with E-state index in [9.17, 15) is 4.79 Å². The van der Waals surface area contributed by atoms with Gasteiger partial charge in [0.15, 0.2) is 17.4 Å². The van der Waals surface area contributed by atoms with Gasteiger partial charge in [-0.3, -0.25) is 9.89 Å². The average Bonchev–Trinajstić information content (AvgIpc) is 3.66. The molecule has 5 aromatic rings. The zero-order chi connectivity index (χ0) is 29.0. The molecule has 0 radical (unpaired) electrons. The smallest absolute Gasteiger partial charge is 0.247 e. The van der Waals surface area contributed by atoms with Gasteiger partial charge in [-0.25, -0.2) is 9.37 Å². The van der Waals surface area contributed by atoms with E-state index in [4.69, 9.17) is 9.15 Å². The second-order valence-corrected chi connectivity index (χ2v) is 12.3. The Balaban J connectivity index is 0.00000329. The number of thioether (sulfide) groups is 1. The molecule has 2 aliphatic heterocycles. The Labute approximate surface area is 268 Å². The maximum Gasteiger partial charge on any atom is 0.247 e. The lowest BCUT2D eigenvalue weighted by Crippen LogP contribution is -3.00. The maximum atomic E-state index is 15.8. The molecule has 14 heteroatoms. The minimum absolute atomic E-state index is 0. The molecular weight excluding hydrogens is 686 g/mol. The summed E-state index contributed by atoms with van der Waals surface area (Å²) in [7, 11) is 4.35. The fraction of sp³-hybridized carbons (Fsp3) is 0.345.